The number of unbranched alkanes of at least 4 members (excludes halogenated alkanes) is 1. The maximum atomic E-state index is 12.3. The van der Waals surface area contributed by atoms with E-state index in [0.717, 1.165) is 12.8 Å². The quantitative estimate of drug-likeness (QED) is 0.357. The SMILES string of the molecule is CCCCOC(=O)c1ccccc1NC(=O)c1ccc([N+](=O)[O-])cc1. The molecule has 0 aliphatic rings. The van der Waals surface area contributed by atoms with Gasteiger partial charge in [-0.15, -0.1) is 0 Å². The Kier molecular flexibility index (Phi) is 6.22. The van der Waals surface area contributed by atoms with Crippen molar-refractivity contribution in [3.63, 3.8) is 0 Å². The van der Waals surface area contributed by atoms with Crippen LogP contribution in [0.25, 0.3) is 0 Å². The summed E-state index contributed by atoms with van der Waals surface area (Å²) in [6, 6.07) is 11.7. The standard InChI is InChI=1S/C18H18N2O5/c1-2-3-12-25-18(22)15-6-4-5-7-16(15)19-17(21)13-8-10-14(11-9-13)20(23)24/h4-11H,2-3,12H2,1H3,(H,19,21). The topological polar surface area (TPSA) is 98.5 Å². The molecule has 0 bridgehead atoms. The summed E-state index contributed by atoms with van der Waals surface area (Å²) in [6.07, 6.45) is 1.68. The third-order valence-corrected chi connectivity index (χ3v) is 3.47. The van der Waals surface area contributed by atoms with Gasteiger partial charge in [0.2, 0.25) is 0 Å². The number of nitrogens with one attached hydrogen (secondary N) is 1. The molecule has 7 nitrogen and oxygen atoms in total. The number of carbonyl (C=O) groups excluding carboxylic acids is 2. The number of carbonyl (C=O) groups is 2. The summed E-state index contributed by atoms with van der Waals surface area (Å²) < 4.78 is 5.17. The van der Waals surface area contributed by atoms with Gasteiger partial charge in [0.1, 0.15) is 0 Å². The minimum Gasteiger partial charge on any atom is -0.462 e. The molecule has 2 aromatic rings. The summed E-state index contributed by atoms with van der Waals surface area (Å²) in [5.74, 6) is -0.975. The Morgan fingerprint density at radius 2 is 1.80 bits per heavy atom. The van der Waals surface area contributed by atoms with Crippen LogP contribution >= 0.6 is 0 Å². The fourth-order valence-electron chi connectivity index (χ4n) is 2.09. The summed E-state index contributed by atoms with van der Waals surface area (Å²) in [6.45, 7) is 2.31. The summed E-state index contributed by atoms with van der Waals surface area (Å²) >= 11 is 0. The van der Waals surface area contributed by atoms with Crippen molar-refractivity contribution in [1.82, 2.24) is 0 Å². The van der Waals surface area contributed by atoms with Gasteiger partial charge in [0.05, 0.1) is 22.8 Å². The van der Waals surface area contributed by atoms with Crippen LogP contribution in [0, 0.1) is 10.1 Å². The summed E-state index contributed by atoms with van der Waals surface area (Å²) in [4.78, 5) is 34.5. The van der Waals surface area contributed by atoms with E-state index in [1.165, 1.54) is 24.3 Å². The number of hydrogen-bond acceptors (Lipinski definition) is 5. The highest BCUT2D eigenvalue weighted by atomic mass is 16.6. The maximum absolute atomic E-state index is 12.3. The van der Waals surface area contributed by atoms with Crippen LogP contribution < -0.4 is 5.32 Å². The zero-order valence-electron chi connectivity index (χ0n) is 13.7. The van der Waals surface area contributed by atoms with E-state index in [0.29, 0.717) is 12.3 Å². The molecule has 0 radical (unpaired) electrons. The molecular formula is C18H18N2O5. The van der Waals surface area contributed by atoms with Crippen LogP contribution in [0.1, 0.15) is 40.5 Å². The van der Waals surface area contributed by atoms with E-state index in [9.17, 15) is 19.7 Å². The van der Waals surface area contributed by atoms with Crippen molar-refractivity contribution < 1.29 is 19.2 Å². The second-order valence-corrected chi connectivity index (χ2v) is 5.29. The van der Waals surface area contributed by atoms with Crippen molar-refractivity contribution in [2.45, 2.75) is 19.8 Å². The van der Waals surface area contributed by atoms with E-state index < -0.39 is 16.8 Å². The number of esters is 1. The predicted octanol–water partition coefficient (Wildman–Crippen LogP) is 3.80. The van der Waals surface area contributed by atoms with Crippen molar-refractivity contribution >= 4 is 23.3 Å². The first-order chi connectivity index (χ1) is 12.0. The number of rotatable bonds is 7. The Morgan fingerprint density at radius 1 is 1.12 bits per heavy atom. The Labute approximate surface area is 144 Å². The lowest BCUT2D eigenvalue weighted by atomic mass is 10.1. The second kappa shape index (κ2) is 8.58. The Bertz CT molecular complexity index is 771. The number of anilines is 1. The second-order valence-electron chi connectivity index (χ2n) is 5.29. The van der Waals surface area contributed by atoms with Gasteiger partial charge in [-0.2, -0.15) is 0 Å². The minimum atomic E-state index is -0.538. The van der Waals surface area contributed by atoms with Crippen LogP contribution in [0.3, 0.4) is 0 Å². The first kappa shape index (κ1) is 18.1. The monoisotopic (exact) mass is 342 g/mol. The van der Waals surface area contributed by atoms with Crippen molar-refractivity contribution in [3.05, 3.63) is 69.8 Å². The van der Waals surface area contributed by atoms with Gasteiger partial charge in [0.15, 0.2) is 0 Å². The van der Waals surface area contributed by atoms with Crippen LogP contribution in [0.15, 0.2) is 48.5 Å². The molecule has 0 aromatic heterocycles. The van der Waals surface area contributed by atoms with Crippen LogP contribution in [-0.2, 0) is 4.74 Å². The molecule has 0 saturated carbocycles. The van der Waals surface area contributed by atoms with Crippen LogP contribution in [0.2, 0.25) is 0 Å². The van der Waals surface area contributed by atoms with Crippen LogP contribution in [0.4, 0.5) is 11.4 Å². The molecule has 0 fully saturated rings. The first-order valence-corrected chi connectivity index (χ1v) is 7.85. The molecule has 2 aromatic carbocycles. The summed E-state index contributed by atoms with van der Waals surface area (Å²) in [5.41, 5.74) is 0.734. The maximum Gasteiger partial charge on any atom is 0.340 e. The molecule has 0 heterocycles. The molecule has 7 heteroatoms. The Hall–Kier alpha value is -3.22. The zero-order valence-corrected chi connectivity index (χ0v) is 13.7. The van der Waals surface area contributed by atoms with Gasteiger partial charge >= 0.3 is 5.97 Å². The number of nitrogens with zero attached hydrogens (tertiary/aromatic N) is 1. The number of nitro benzene ring substituents is 1. The van der Waals surface area contributed by atoms with E-state index in [-0.39, 0.29) is 16.8 Å². The van der Waals surface area contributed by atoms with E-state index >= 15 is 0 Å². The summed E-state index contributed by atoms with van der Waals surface area (Å²) in [5, 5.41) is 13.3. The van der Waals surface area contributed by atoms with Crippen molar-refractivity contribution in [3.8, 4) is 0 Å². The van der Waals surface area contributed by atoms with Gasteiger partial charge in [0, 0.05) is 17.7 Å². The summed E-state index contributed by atoms with van der Waals surface area (Å²) in [7, 11) is 0. The molecule has 1 amide bonds. The number of para-hydroxylation sites is 1. The Morgan fingerprint density at radius 3 is 2.44 bits per heavy atom. The number of benzene rings is 2. The first-order valence-electron chi connectivity index (χ1n) is 7.85. The van der Waals surface area contributed by atoms with Gasteiger partial charge in [-0.3, -0.25) is 14.9 Å². The fourth-order valence-corrected chi connectivity index (χ4v) is 2.09. The third kappa shape index (κ3) is 4.87. The van der Waals surface area contributed by atoms with Crippen molar-refractivity contribution in [2.75, 3.05) is 11.9 Å². The van der Waals surface area contributed by atoms with Crippen LogP contribution in [-0.4, -0.2) is 23.4 Å². The molecule has 0 spiro atoms. The van der Waals surface area contributed by atoms with Crippen molar-refractivity contribution in [1.29, 1.82) is 0 Å². The fraction of sp³-hybridized carbons (Fsp3) is 0.222. The molecule has 2 rings (SSSR count). The zero-order chi connectivity index (χ0) is 18.2. The largest absolute Gasteiger partial charge is 0.462 e. The Balaban J connectivity index is 2.12. The highest BCUT2D eigenvalue weighted by Crippen LogP contribution is 2.19. The number of ether oxygens (including phenoxy) is 1. The van der Waals surface area contributed by atoms with E-state index in [4.69, 9.17) is 4.74 Å². The minimum absolute atomic E-state index is 0.101. The van der Waals surface area contributed by atoms with Gasteiger partial charge in [-0.25, -0.2) is 4.79 Å². The molecule has 0 saturated heterocycles. The van der Waals surface area contributed by atoms with Gasteiger partial charge in [-0.05, 0) is 30.7 Å². The third-order valence-electron chi connectivity index (χ3n) is 3.47. The molecule has 130 valence electrons. The molecule has 0 unspecified atom stereocenters. The van der Waals surface area contributed by atoms with Gasteiger partial charge < -0.3 is 10.1 Å². The lowest BCUT2D eigenvalue weighted by Crippen LogP contribution is -2.16. The lowest BCUT2D eigenvalue weighted by Gasteiger charge is -2.11. The lowest BCUT2D eigenvalue weighted by molar-refractivity contribution is -0.384. The molecule has 0 aliphatic heterocycles. The average Bonchev–Trinajstić information content (AvgIpc) is 2.62. The number of hydrogen-bond donors (Lipinski definition) is 1. The normalized spacial score (nSPS) is 10.1. The molecule has 0 aliphatic carbocycles. The average molecular weight is 342 g/mol. The van der Waals surface area contributed by atoms with Gasteiger partial charge in [0.25, 0.3) is 11.6 Å². The molecular weight excluding hydrogens is 324 g/mol. The molecule has 0 atom stereocenters. The number of non-ortho nitro benzene ring substituents is 1. The van der Waals surface area contributed by atoms with Crippen molar-refractivity contribution in [2.24, 2.45) is 0 Å². The predicted molar refractivity (Wildman–Crippen MR) is 92.7 cm³/mol. The van der Waals surface area contributed by atoms with E-state index in [1.807, 2.05) is 6.92 Å². The number of nitro groups is 1. The van der Waals surface area contributed by atoms with Crippen LogP contribution in [0.5, 0.6) is 0 Å². The highest BCUT2D eigenvalue weighted by Gasteiger charge is 2.15. The molecule has 25 heavy (non-hydrogen) atoms. The molecule has 1 N–H and O–H groups in total. The van der Waals surface area contributed by atoms with Gasteiger partial charge in [-0.1, -0.05) is 25.5 Å². The highest BCUT2D eigenvalue weighted by molar-refractivity contribution is 6.08. The smallest absolute Gasteiger partial charge is 0.340 e. The van der Waals surface area contributed by atoms with E-state index in [1.54, 1.807) is 24.3 Å². The van der Waals surface area contributed by atoms with E-state index in [2.05, 4.69) is 5.32 Å². The number of amides is 1.